The number of ether oxygens (including phenoxy) is 2. The first-order valence-corrected chi connectivity index (χ1v) is 5.31. The molecule has 15 heavy (non-hydrogen) atoms. The maximum atomic E-state index is 9.67. The molecule has 1 aromatic carbocycles. The van der Waals surface area contributed by atoms with E-state index in [4.69, 9.17) is 21.1 Å². The van der Waals surface area contributed by atoms with E-state index in [-0.39, 0.29) is 5.88 Å². The quantitative estimate of drug-likeness (QED) is 0.790. The predicted molar refractivity (Wildman–Crippen MR) is 59.8 cm³/mol. The summed E-state index contributed by atoms with van der Waals surface area (Å²) >= 11 is 5.60. The fraction of sp³-hybridized carbons (Fsp3) is 0.455. The molecule has 1 aromatic rings. The number of halogens is 1. The molecule has 1 N–H and O–H groups in total. The van der Waals surface area contributed by atoms with Gasteiger partial charge in [0.1, 0.15) is 0 Å². The lowest BCUT2D eigenvalue weighted by molar-refractivity contribution is 0.195. The van der Waals surface area contributed by atoms with Crippen molar-refractivity contribution >= 4 is 11.6 Å². The molecule has 0 heterocycles. The molecule has 0 aromatic heterocycles. The van der Waals surface area contributed by atoms with Crippen LogP contribution in [0.1, 0.15) is 18.6 Å². The zero-order valence-electron chi connectivity index (χ0n) is 8.87. The molecule has 0 bridgehead atoms. The minimum absolute atomic E-state index is 0.131. The molecule has 0 saturated heterocycles. The molecule has 4 heteroatoms. The molecule has 84 valence electrons. The molecule has 0 amide bonds. The van der Waals surface area contributed by atoms with Gasteiger partial charge in [0.25, 0.3) is 0 Å². The lowest BCUT2D eigenvalue weighted by atomic mass is 10.1. The van der Waals surface area contributed by atoms with Crippen LogP contribution in [0.15, 0.2) is 18.2 Å². The summed E-state index contributed by atoms with van der Waals surface area (Å²) in [6, 6.07) is 5.37. The Balaban J connectivity index is 3.09. The molecule has 0 aliphatic heterocycles. The average molecular weight is 231 g/mol. The highest BCUT2D eigenvalue weighted by molar-refractivity contribution is 6.18. The van der Waals surface area contributed by atoms with Gasteiger partial charge in [-0.25, -0.2) is 0 Å². The van der Waals surface area contributed by atoms with E-state index in [1.807, 2.05) is 6.92 Å². The summed E-state index contributed by atoms with van der Waals surface area (Å²) in [5.41, 5.74) is 0.651. The van der Waals surface area contributed by atoms with Crippen LogP contribution in [-0.4, -0.2) is 24.7 Å². The molecule has 1 rings (SSSR count). The van der Waals surface area contributed by atoms with Gasteiger partial charge in [-0.1, -0.05) is 12.1 Å². The second kappa shape index (κ2) is 5.83. The van der Waals surface area contributed by atoms with Crippen molar-refractivity contribution in [3.8, 4) is 11.5 Å². The van der Waals surface area contributed by atoms with Gasteiger partial charge in [0.05, 0.1) is 25.7 Å². The van der Waals surface area contributed by atoms with Gasteiger partial charge in [-0.05, 0) is 13.0 Å². The monoisotopic (exact) mass is 230 g/mol. The highest BCUT2D eigenvalue weighted by atomic mass is 35.5. The predicted octanol–water partition coefficient (Wildman–Crippen LogP) is 2.37. The first-order chi connectivity index (χ1) is 7.24. The smallest absolute Gasteiger partial charge is 0.166 e. The summed E-state index contributed by atoms with van der Waals surface area (Å²) in [6.45, 7) is 2.45. The molecule has 0 spiro atoms. The Morgan fingerprint density at radius 3 is 2.73 bits per heavy atom. The average Bonchev–Trinajstić information content (AvgIpc) is 2.28. The number of hydrogen-bond acceptors (Lipinski definition) is 3. The van der Waals surface area contributed by atoms with Crippen LogP contribution in [0.2, 0.25) is 0 Å². The molecule has 0 aliphatic rings. The van der Waals surface area contributed by atoms with Gasteiger partial charge in [0.2, 0.25) is 0 Å². The number of aliphatic hydroxyl groups is 1. The van der Waals surface area contributed by atoms with E-state index in [1.165, 1.54) is 0 Å². The Bertz CT molecular complexity index is 315. The Kier molecular flexibility index (Phi) is 4.72. The van der Waals surface area contributed by atoms with Crippen LogP contribution in [0.25, 0.3) is 0 Å². The van der Waals surface area contributed by atoms with E-state index in [2.05, 4.69) is 0 Å². The number of benzene rings is 1. The van der Waals surface area contributed by atoms with Crippen LogP contribution in [0.5, 0.6) is 11.5 Å². The van der Waals surface area contributed by atoms with Crippen molar-refractivity contribution in [3.63, 3.8) is 0 Å². The summed E-state index contributed by atoms with van der Waals surface area (Å²) < 4.78 is 10.6. The third-order valence-electron chi connectivity index (χ3n) is 2.02. The van der Waals surface area contributed by atoms with Gasteiger partial charge in [-0.15, -0.1) is 11.6 Å². The number of methoxy groups -OCH3 is 1. The normalized spacial score (nSPS) is 12.3. The van der Waals surface area contributed by atoms with Crippen LogP contribution < -0.4 is 9.47 Å². The largest absolute Gasteiger partial charge is 0.492 e. The number of para-hydroxylation sites is 1. The Morgan fingerprint density at radius 1 is 1.47 bits per heavy atom. The van der Waals surface area contributed by atoms with Crippen LogP contribution in [0.3, 0.4) is 0 Å². The SMILES string of the molecule is CCOc1cccc(C(O)CCl)c1OC. The molecule has 3 nitrogen and oxygen atoms in total. The number of alkyl halides is 1. The van der Waals surface area contributed by atoms with Crippen LogP contribution in [0, 0.1) is 0 Å². The molecular weight excluding hydrogens is 216 g/mol. The maximum absolute atomic E-state index is 9.67. The van der Waals surface area contributed by atoms with Crippen molar-refractivity contribution in [1.82, 2.24) is 0 Å². The lowest BCUT2D eigenvalue weighted by Crippen LogP contribution is -2.04. The first-order valence-electron chi connectivity index (χ1n) is 4.78. The van der Waals surface area contributed by atoms with E-state index >= 15 is 0 Å². The minimum atomic E-state index is -0.734. The van der Waals surface area contributed by atoms with Crippen LogP contribution in [-0.2, 0) is 0 Å². The van der Waals surface area contributed by atoms with E-state index in [9.17, 15) is 5.11 Å². The van der Waals surface area contributed by atoms with E-state index in [0.29, 0.717) is 23.7 Å². The summed E-state index contributed by atoms with van der Waals surface area (Å²) in [4.78, 5) is 0. The van der Waals surface area contributed by atoms with Crippen LogP contribution >= 0.6 is 11.6 Å². The third kappa shape index (κ3) is 2.76. The van der Waals surface area contributed by atoms with Crippen molar-refractivity contribution in [2.75, 3.05) is 19.6 Å². The van der Waals surface area contributed by atoms with Crippen LogP contribution in [0.4, 0.5) is 0 Å². The minimum Gasteiger partial charge on any atom is -0.492 e. The zero-order chi connectivity index (χ0) is 11.3. The lowest BCUT2D eigenvalue weighted by Gasteiger charge is -2.15. The zero-order valence-corrected chi connectivity index (χ0v) is 9.62. The standard InChI is InChI=1S/C11H15ClO3/c1-3-15-10-6-4-5-8(9(13)7-12)11(10)14-2/h4-6,9,13H,3,7H2,1-2H3. The molecule has 0 aliphatic carbocycles. The van der Waals surface area contributed by atoms with Gasteiger partial charge in [-0.3, -0.25) is 0 Å². The Hall–Kier alpha value is -0.930. The molecule has 0 fully saturated rings. The summed E-state index contributed by atoms with van der Waals surface area (Å²) in [5.74, 6) is 1.31. The highest BCUT2D eigenvalue weighted by Crippen LogP contribution is 2.35. The van der Waals surface area contributed by atoms with E-state index in [1.54, 1.807) is 25.3 Å². The van der Waals surface area contributed by atoms with Crippen molar-refractivity contribution < 1.29 is 14.6 Å². The van der Waals surface area contributed by atoms with Gasteiger partial charge in [0.15, 0.2) is 11.5 Å². The second-order valence-corrected chi connectivity index (χ2v) is 3.29. The molecular formula is C11H15ClO3. The third-order valence-corrected chi connectivity index (χ3v) is 2.31. The fourth-order valence-electron chi connectivity index (χ4n) is 1.37. The van der Waals surface area contributed by atoms with Crippen molar-refractivity contribution in [2.45, 2.75) is 13.0 Å². The summed E-state index contributed by atoms with van der Waals surface area (Å²) in [6.07, 6.45) is -0.734. The van der Waals surface area contributed by atoms with E-state index < -0.39 is 6.10 Å². The number of aliphatic hydroxyl groups excluding tert-OH is 1. The van der Waals surface area contributed by atoms with Gasteiger partial charge in [0, 0.05) is 5.56 Å². The summed E-state index contributed by atoms with van der Waals surface area (Å²) in [7, 11) is 1.54. The molecule has 0 saturated carbocycles. The second-order valence-electron chi connectivity index (χ2n) is 2.98. The molecule has 1 unspecified atom stereocenters. The highest BCUT2D eigenvalue weighted by Gasteiger charge is 2.15. The Labute approximate surface area is 94.6 Å². The molecule has 1 atom stereocenters. The van der Waals surface area contributed by atoms with Crippen molar-refractivity contribution in [1.29, 1.82) is 0 Å². The fourth-order valence-corrected chi connectivity index (χ4v) is 1.53. The topological polar surface area (TPSA) is 38.7 Å². The van der Waals surface area contributed by atoms with Crippen molar-refractivity contribution in [3.05, 3.63) is 23.8 Å². The van der Waals surface area contributed by atoms with Gasteiger partial charge in [-0.2, -0.15) is 0 Å². The van der Waals surface area contributed by atoms with Crippen molar-refractivity contribution in [2.24, 2.45) is 0 Å². The number of hydrogen-bond donors (Lipinski definition) is 1. The maximum Gasteiger partial charge on any atom is 0.166 e. The van der Waals surface area contributed by atoms with E-state index in [0.717, 1.165) is 0 Å². The first kappa shape index (κ1) is 12.1. The summed E-state index contributed by atoms with van der Waals surface area (Å²) in [5, 5.41) is 9.67. The van der Waals surface area contributed by atoms with Gasteiger partial charge < -0.3 is 14.6 Å². The number of rotatable bonds is 5. The molecule has 0 radical (unpaired) electrons. The van der Waals surface area contributed by atoms with Gasteiger partial charge >= 0.3 is 0 Å². The Morgan fingerprint density at radius 2 is 2.20 bits per heavy atom.